The molecule has 0 saturated carbocycles. The van der Waals surface area contributed by atoms with Crippen molar-refractivity contribution in [2.24, 2.45) is 0 Å². The van der Waals surface area contributed by atoms with E-state index in [0.29, 0.717) is 28.8 Å². The first-order valence-electron chi connectivity index (χ1n) is 9.26. The Bertz CT molecular complexity index is 995. The predicted octanol–water partition coefficient (Wildman–Crippen LogP) is 3.09. The largest absolute Gasteiger partial charge is 0.478 e. The van der Waals surface area contributed by atoms with E-state index >= 15 is 0 Å². The molecule has 3 rings (SSSR count). The number of aliphatic carboxylic acids is 2. The number of rotatable bonds is 6. The number of ether oxygens (including phenoxy) is 1. The molecule has 1 atom stereocenters. The molecule has 162 valence electrons. The molecule has 9 heteroatoms. The molecule has 0 unspecified atom stereocenters. The number of carbonyl (C=O) groups is 2. The van der Waals surface area contributed by atoms with E-state index in [1.807, 2.05) is 0 Å². The molecule has 2 aromatic rings. The maximum atomic E-state index is 14.1. The molecule has 0 aromatic heterocycles. The number of benzene rings is 2. The zero-order chi connectivity index (χ0) is 22.8. The maximum absolute atomic E-state index is 14.1. The van der Waals surface area contributed by atoms with Gasteiger partial charge in [-0.15, -0.1) is 0 Å². The summed E-state index contributed by atoms with van der Waals surface area (Å²) >= 11 is 0. The van der Waals surface area contributed by atoms with Crippen molar-refractivity contribution in [3.05, 3.63) is 71.3 Å². The van der Waals surface area contributed by atoms with Gasteiger partial charge in [0.2, 0.25) is 0 Å². The summed E-state index contributed by atoms with van der Waals surface area (Å²) in [5.41, 5.74) is 1.64. The van der Waals surface area contributed by atoms with Gasteiger partial charge in [-0.25, -0.2) is 18.4 Å². The van der Waals surface area contributed by atoms with Crippen LogP contribution in [0.25, 0.3) is 11.1 Å². The second kappa shape index (κ2) is 11.5. The van der Waals surface area contributed by atoms with Crippen molar-refractivity contribution < 1.29 is 33.3 Å². The number of nitrogens with one attached hydrogen (secondary N) is 1. The second-order valence-electron chi connectivity index (χ2n) is 6.48. The van der Waals surface area contributed by atoms with Gasteiger partial charge in [-0.3, -0.25) is 0 Å². The van der Waals surface area contributed by atoms with E-state index in [0.717, 1.165) is 25.6 Å². The molecule has 7 nitrogen and oxygen atoms in total. The lowest BCUT2D eigenvalue weighted by atomic mass is 9.95. The van der Waals surface area contributed by atoms with Crippen LogP contribution in [0.4, 0.5) is 8.78 Å². The third-order valence-electron chi connectivity index (χ3n) is 4.39. The Morgan fingerprint density at radius 1 is 1.13 bits per heavy atom. The Labute approximate surface area is 177 Å². The number of hydrogen-bond acceptors (Lipinski definition) is 5. The van der Waals surface area contributed by atoms with E-state index in [1.165, 1.54) is 12.1 Å². The summed E-state index contributed by atoms with van der Waals surface area (Å²) < 4.78 is 33.5. The lowest BCUT2D eigenvalue weighted by molar-refractivity contribution is -0.134. The van der Waals surface area contributed by atoms with E-state index in [4.69, 9.17) is 14.9 Å². The van der Waals surface area contributed by atoms with Crippen LogP contribution in [0, 0.1) is 23.0 Å². The van der Waals surface area contributed by atoms with Gasteiger partial charge in [0.15, 0.2) is 11.6 Å². The van der Waals surface area contributed by atoms with Crippen LogP contribution in [-0.4, -0.2) is 41.3 Å². The summed E-state index contributed by atoms with van der Waals surface area (Å²) in [6, 6.07) is 11.2. The summed E-state index contributed by atoms with van der Waals surface area (Å²) in [6.07, 6.45) is 2.09. The van der Waals surface area contributed by atoms with Crippen molar-refractivity contribution >= 4 is 11.9 Å². The molecule has 1 aliphatic rings. The minimum absolute atomic E-state index is 0.0759. The number of hydrogen-bond donors (Lipinski definition) is 3. The van der Waals surface area contributed by atoms with Crippen molar-refractivity contribution in [3.8, 4) is 17.2 Å². The van der Waals surface area contributed by atoms with Crippen LogP contribution < -0.4 is 5.32 Å². The van der Waals surface area contributed by atoms with Gasteiger partial charge in [-0.1, -0.05) is 24.3 Å². The minimum atomic E-state index is -1.26. The van der Waals surface area contributed by atoms with E-state index in [2.05, 4.69) is 11.4 Å². The van der Waals surface area contributed by atoms with E-state index < -0.39 is 23.6 Å². The monoisotopic (exact) mass is 430 g/mol. The van der Waals surface area contributed by atoms with E-state index in [-0.39, 0.29) is 18.3 Å². The van der Waals surface area contributed by atoms with E-state index in [9.17, 15) is 23.6 Å². The average molecular weight is 430 g/mol. The highest BCUT2D eigenvalue weighted by Gasteiger charge is 2.19. The topological polar surface area (TPSA) is 120 Å². The molecular weight excluding hydrogens is 410 g/mol. The standard InChI is InChI=1S/C18H16F2N2O.C4H4O4/c19-17-6-2-5-15(18(17)20)14-4-1-3-12(9-21)16(14)11-23-13-7-8-22-10-13;5-3(6)1-2-4(7)8/h1-6,13,22H,7-8,10-11H2;1-2H,(H,5,6)(H,7,8)/b;2-1+/t13-;/m0./s1. The van der Waals surface area contributed by atoms with Crippen molar-refractivity contribution in [2.75, 3.05) is 13.1 Å². The molecule has 0 spiro atoms. The van der Waals surface area contributed by atoms with Gasteiger partial charge < -0.3 is 20.3 Å². The molecule has 1 heterocycles. The van der Waals surface area contributed by atoms with Crippen molar-refractivity contribution in [2.45, 2.75) is 19.1 Å². The first-order chi connectivity index (χ1) is 14.8. The fourth-order valence-corrected chi connectivity index (χ4v) is 2.93. The Morgan fingerprint density at radius 2 is 1.77 bits per heavy atom. The maximum Gasteiger partial charge on any atom is 0.328 e. The third-order valence-corrected chi connectivity index (χ3v) is 4.39. The molecule has 3 N–H and O–H groups in total. The zero-order valence-corrected chi connectivity index (χ0v) is 16.3. The molecule has 1 fully saturated rings. The lowest BCUT2D eigenvalue weighted by Crippen LogP contribution is -2.17. The molecule has 0 radical (unpaired) electrons. The Balaban J connectivity index is 0.000000366. The molecular formula is C22H20F2N2O5. The molecule has 31 heavy (non-hydrogen) atoms. The van der Waals surface area contributed by atoms with E-state index in [1.54, 1.807) is 18.2 Å². The van der Waals surface area contributed by atoms with Crippen LogP contribution in [0.1, 0.15) is 17.5 Å². The van der Waals surface area contributed by atoms with Gasteiger partial charge in [0.05, 0.1) is 24.3 Å². The SMILES string of the molecule is N#Cc1cccc(-c2cccc(F)c2F)c1CO[C@H]1CCNC1.O=C(O)/C=C/C(=O)O. The number of carboxylic acid groups (broad SMARTS) is 2. The molecule has 0 amide bonds. The third kappa shape index (κ3) is 6.99. The van der Waals surface area contributed by atoms with Crippen molar-refractivity contribution in [3.63, 3.8) is 0 Å². The fourth-order valence-electron chi connectivity index (χ4n) is 2.93. The van der Waals surface area contributed by atoms with Crippen molar-refractivity contribution in [1.82, 2.24) is 5.32 Å². The molecule has 1 aliphatic heterocycles. The second-order valence-corrected chi connectivity index (χ2v) is 6.48. The van der Waals surface area contributed by atoms with Gasteiger partial charge in [-0.05, 0) is 30.7 Å². The Hall–Kier alpha value is -3.61. The van der Waals surface area contributed by atoms with Gasteiger partial charge in [0.25, 0.3) is 0 Å². The van der Waals surface area contributed by atoms with Gasteiger partial charge >= 0.3 is 11.9 Å². The average Bonchev–Trinajstić information content (AvgIpc) is 3.26. The van der Waals surface area contributed by atoms with Crippen LogP contribution in [0.2, 0.25) is 0 Å². The first-order valence-corrected chi connectivity index (χ1v) is 9.26. The highest BCUT2D eigenvalue weighted by atomic mass is 19.2. The predicted molar refractivity (Wildman–Crippen MR) is 107 cm³/mol. The van der Waals surface area contributed by atoms with Gasteiger partial charge in [0.1, 0.15) is 0 Å². The molecule has 1 saturated heterocycles. The summed E-state index contributed by atoms with van der Waals surface area (Å²) in [7, 11) is 0. The Morgan fingerprint density at radius 3 is 2.35 bits per heavy atom. The number of nitrogens with zero attached hydrogens (tertiary/aromatic N) is 1. The van der Waals surface area contributed by atoms with Gasteiger partial charge in [0, 0.05) is 29.8 Å². The van der Waals surface area contributed by atoms with Gasteiger partial charge in [-0.2, -0.15) is 5.26 Å². The van der Waals surface area contributed by atoms with Crippen LogP contribution in [0.5, 0.6) is 0 Å². The molecule has 0 aliphatic carbocycles. The molecule has 0 bridgehead atoms. The van der Waals surface area contributed by atoms with Crippen LogP contribution in [0.15, 0.2) is 48.6 Å². The van der Waals surface area contributed by atoms with Crippen LogP contribution >= 0.6 is 0 Å². The number of halogens is 2. The fraction of sp³-hybridized carbons (Fsp3) is 0.227. The number of carboxylic acids is 2. The van der Waals surface area contributed by atoms with Crippen molar-refractivity contribution in [1.29, 1.82) is 5.26 Å². The van der Waals surface area contributed by atoms with Crippen LogP contribution in [-0.2, 0) is 20.9 Å². The summed E-state index contributed by atoms with van der Waals surface area (Å²) in [4.78, 5) is 19.1. The molecule has 2 aromatic carbocycles. The highest BCUT2D eigenvalue weighted by Crippen LogP contribution is 2.30. The lowest BCUT2D eigenvalue weighted by Gasteiger charge is -2.15. The quantitative estimate of drug-likeness (QED) is 0.603. The van der Waals surface area contributed by atoms with Crippen LogP contribution in [0.3, 0.4) is 0 Å². The smallest absolute Gasteiger partial charge is 0.328 e. The first kappa shape index (κ1) is 23.7. The normalized spacial score (nSPS) is 15.2. The summed E-state index contributed by atoms with van der Waals surface area (Å²) in [5.74, 6) is -4.33. The number of nitriles is 1. The zero-order valence-electron chi connectivity index (χ0n) is 16.3. The summed E-state index contributed by atoms with van der Waals surface area (Å²) in [6.45, 7) is 1.86. The summed E-state index contributed by atoms with van der Waals surface area (Å²) in [5, 5.41) is 28.1. The minimum Gasteiger partial charge on any atom is -0.478 e. The Kier molecular flexibility index (Phi) is 8.81. The highest BCUT2D eigenvalue weighted by molar-refractivity contribution is 5.89.